The molecule has 1 aliphatic heterocycles. The molecule has 0 N–H and O–H groups in total. The highest BCUT2D eigenvalue weighted by molar-refractivity contribution is 7.89. The van der Waals surface area contributed by atoms with Crippen molar-refractivity contribution in [3.8, 4) is 0 Å². The Bertz CT molecular complexity index is 647. The van der Waals surface area contributed by atoms with Crippen LogP contribution in [0, 0.1) is 13.8 Å². The molecule has 1 fully saturated rings. The van der Waals surface area contributed by atoms with Crippen molar-refractivity contribution in [3.05, 3.63) is 28.8 Å². The lowest BCUT2D eigenvalue weighted by Gasteiger charge is -2.31. The van der Waals surface area contributed by atoms with E-state index in [1.165, 1.54) is 24.5 Å². The summed E-state index contributed by atoms with van der Waals surface area (Å²) < 4.78 is 25.8. The van der Waals surface area contributed by atoms with Crippen LogP contribution < -0.4 is 0 Å². The van der Waals surface area contributed by atoms with Crippen LogP contribution in [0.25, 0.3) is 0 Å². The van der Waals surface area contributed by atoms with E-state index in [0.29, 0.717) is 11.1 Å². The van der Waals surface area contributed by atoms with Crippen molar-refractivity contribution >= 4 is 15.9 Å². The Morgan fingerprint density at radius 2 is 1.80 bits per heavy atom. The second-order valence-electron chi connectivity index (χ2n) is 5.35. The van der Waals surface area contributed by atoms with Gasteiger partial charge in [0.05, 0.1) is 4.90 Å². The van der Waals surface area contributed by atoms with Crippen LogP contribution in [-0.4, -0.2) is 50.7 Å². The lowest BCUT2D eigenvalue weighted by Crippen LogP contribution is -2.42. The van der Waals surface area contributed by atoms with E-state index < -0.39 is 10.0 Å². The molecule has 5 nitrogen and oxygen atoms in total. The molecule has 0 bridgehead atoms. The lowest BCUT2D eigenvalue weighted by molar-refractivity contribution is 0.0651. The summed E-state index contributed by atoms with van der Waals surface area (Å²) in [5.41, 5.74) is 1.96. The van der Waals surface area contributed by atoms with Crippen molar-refractivity contribution < 1.29 is 13.2 Å². The zero-order valence-corrected chi connectivity index (χ0v) is 13.1. The van der Waals surface area contributed by atoms with Gasteiger partial charge in [-0.15, -0.1) is 0 Å². The number of rotatable bonds is 3. The number of amides is 1. The fourth-order valence-electron chi connectivity index (χ4n) is 2.12. The lowest BCUT2D eigenvalue weighted by atomic mass is 10.0. The van der Waals surface area contributed by atoms with Gasteiger partial charge in [0.2, 0.25) is 10.0 Å². The number of nitrogens with zero attached hydrogens (tertiary/aromatic N) is 2. The van der Waals surface area contributed by atoms with Crippen molar-refractivity contribution in [2.75, 3.05) is 27.2 Å². The summed E-state index contributed by atoms with van der Waals surface area (Å²) in [7, 11) is -0.550. The Kier molecular flexibility index (Phi) is 3.88. The van der Waals surface area contributed by atoms with Crippen LogP contribution in [-0.2, 0) is 10.0 Å². The second kappa shape index (κ2) is 5.18. The first-order valence-electron chi connectivity index (χ1n) is 6.58. The monoisotopic (exact) mass is 296 g/mol. The van der Waals surface area contributed by atoms with Crippen LogP contribution in [0.1, 0.15) is 27.9 Å². The highest BCUT2D eigenvalue weighted by atomic mass is 32.2. The van der Waals surface area contributed by atoms with Crippen LogP contribution >= 0.6 is 0 Å². The minimum Gasteiger partial charge on any atom is -0.339 e. The second-order valence-corrected chi connectivity index (χ2v) is 7.47. The average molecular weight is 296 g/mol. The Labute approximate surface area is 120 Å². The van der Waals surface area contributed by atoms with Gasteiger partial charge in [-0.25, -0.2) is 12.7 Å². The minimum atomic E-state index is -3.54. The molecule has 1 aliphatic rings. The highest BCUT2D eigenvalue weighted by Crippen LogP contribution is 2.24. The highest BCUT2D eigenvalue weighted by Gasteiger charge is 2.26. The van der Waals surface area contributed by atoms with E-state index in [-0.39, 0.29) is 10.8 Å². The summed E-state index contributed by atoms with van der Waals surface area (Å²) in [6.07, 6.45) is 1.01. The Morgan fingerprint density at radius 3 is 2.25 bits per heavy atom. The summed E-state index contributed by atoms with van der Waals surface area (Å²) in [5, 5.41) is 0. The van der Waals surface area contributed by atoms with Gasteiger partial charge < -0.3 is 4.90 Å². The molecule has 1 heterocycles. The molecule has 0 radical (unpaired) electrons. The zero-order valence-electron chi connectivity index (χ0n) is 12.3. The number of hydrogen-bond acceptors (Lipinski definition) is 3. The maximum absolute atomic E-state index is 12.3. The van der Waals surface area contributed by atoms with Gasteiger partial charge >= 0.3 is 0 Å². The van der Waals surface area contributed by atoms with E-state index in [1.54, 1.807) is 17.9 Å². The Hall–Kier alpha value is -1.40. The average Bonchev–Trinajstić information content (AvgIpc) is 2.29. The third kappa shape index (κ3) is 2.45. The number of carbonyl (C=O) groups excluding carboxylic acids is 1. The molecule has 0 atom stereocenters. The third-order valence-electron chi connectivity index (χ3n) is 3.77. The summed E-state index contributed by atoms with van der Waals surface area (Å²) in [6.45, 7) is 5.10. The topological polar surface area (TPSA) is 57.7 Å². The number of benzene rings is 1. The quantitative estimate of drug-likeness (QED) is 0.847. The molecule has 0 aliphatic carbocycles. The molecule has 1 aromatic rings. The molecular formula is C14H20N2O3S. The van der Waals surface area contributed by atoms with Crippen molar-refractivity contribution in [3.63, 3.8) is 0 Å². The van der Waals surface area contributed by atoms with E-state index in [2.05, 4.69) is 0 Å². The predicted molar refractivity (Wildman–Crippen MR) is 77.3 cm³/mol. The maximum atomic E-state index is 12.3. The number of sulfonamides is 1. The molecule has 1 saturated heterocycles. The van der Waals surface area contributed by atoms with Gasteiger partial charge in [0.15, 0.2) is 0 Å². The number of hydrogen-bond donors (Lipinski definition) is 0. The van der Waals surface area contributed by atoms with Crippen molar-refractivity contribution in [1.29, 1.82) is 0 Å². The summed E-state index contributed by atoms with van der Waals surface area (Å²) in [4.78, 5) is 14.2. The smallest absolute Gasteiger partial charge is 0.253 e. The van der Waals surface area contributed by atoms with Gasteiger partial charge in [0, 0.05) is 32.7 Å². The van der Waals surface area contributed by atoms with E-state index in [9.17, 15) is 13.2 Å². The van der Waals surface area contributed by atoms with Crippen molar-refractivity contribution in [2.45, 2.75) is 25.2 Å². The molecular weight excluding hydrogens is 276 g/mol. The van der Waals surface area contributed by atoms with Gasteiger partial charge in [0.1, 0.15) is 0 Å². The fourth-order valence-corrected chi connectivity index (χ4v) is 3.33. The minimum absolute atomic E-state index is 0.0884. The molecule has 110 valence electrons. The Morgan fingerprint density at radius 1 is 1.20 bits per heavy atom. The summed E-state index contributed by atoms with van der Waals surface area (Å²) >= 11 is 0. The number of carbonyl (C=O) groups is 1. The van der Waals surface area contributed by atoms with E-state index in [0.717, 1.165) is 25.1 Å². The molecule has 0 unspecified atom stereocenters. The van der Waals surface area contributed by atoms with E-state index in [4.69, 9.17) is 0 Å². The SMILES string of the molecule is Cc1cc(C(=O)N2CCC2)cc(S(=O)(=O)N(C)C)c1C. The Balaban J connectivity index is 2.53. The number of likely N-dealkylation sites (tertiary alicyclic amines) is 1. The van der Waals surface area contributed by atoms with E-state index >= 15 is 0 Å². The van der Waals surface area contributed by atoms with Crippen LogP contribution in [0.3, 0.4) is 0 Å². The van der Waals surface area contributed by atoms with Gasteiger partial charge in [-0.2, -0.15) is 0 Å². The van der Waals surface area contributed by atoms with Gasteiger partial charge in [-0.05, 0) is 43.5 Å². The molecule has 1 amide bonds. The first kappa shape index (κ1) is 15.0. The van der Waals surface area contributed by atoms with E-state index in [1.807, 2.05) is 6.92 Å². The van der Waals surface area contributed by atoms with Crippen molar-refractivity contribution in [1.82, 2.24) is 9.21 Å². The molecule has 20 heavy (non-hydrogen) atoms. The van der Waals surface area contributed by atoms with Crippen LogP contribution in [0.15, 0.2) is 17.0 Å². The van der Waals surface area contributed by atoms with Crippen LogP contribution in [0.4, 0.5) is 0 Å². The summed E-state index contributed by atoms with van der Waals surface area (Å²) in [5.74, 6) is -0.0884. The molecule has 6 heteroatoms. The molecule has 2 rings (SSSR count). The fraction of sp³-hybridized carbons (Fsp3) is 0.500. The molecule has 1 aromatic carbocycles. The zero-order chi connectivity index (χ0) is 15.1. The third-order valence-corrected chi connectivity index (χ3v) is 5.71. The van der Waals surface area contributed by atoms with Crippen molar-refractivity contribution in [2.24, 2.45) is 0 Å². The largest absolute Gasteiger partial charge is 0.339 e. The van der Waals surface area contributed by atoms with Gasteiger partial charge in [-0.3, -0.25) is 4.79 Å². The maximum Gasteiger partial charge on any atom is 0.253 e. The molecule has 0 spiro atoms. The normalized spacial score (nSPS) is 15.3. The standard InChI is InChI=1S/C14H20N2O3S/c1-10-8-12(14(17)16-6-5-7-16)9-13(11(10)2)20(18,19)15(3)4/h8-9H,5-7H2,1-4H3. The number of aryl methyl sites for hydroxylation is 1. The van der Waals surface area contributed by atoms with Crippen LogP contribution in [0.5, 0.6) is 0 Å². The summed E-state index contributed by atoms with van der Waals surface area (Å²) in [6, 6.07) is 3.27. The van der Waals surface area contributed by atoms with Crippen LogP contribution in [0.2, 0.25) is 0 Å². The first-order chi connectivity index (χ1) is 9.25. The predicted octanol–water partition coefficient (Wildman–Crippen LogP) is 1.40. The molecule has 0 saturated carbocycles. The first-order valence-corrected chi connectivity index (χ1v) is 8.02. The van der Waals surface area contributed by atoms with Gasteiger partial charge in [-0.1, -0.05) is 0 Å². The van der Waals surface area contributed by atoms with Gasteiger partial charge in [0.25, 0.3) is 5.91 Å². The molecule has 0 aromatic heterocycles.